The first-order valence-corrected chi connectivity index (χ1v) is 6.90. The highest BCUT2D eigenvalue weighted by molar-refractivity contribution is 7.89. The fourth-order valence-electron chi connectivity index (χ4n) is 1.44. The minimum atomic E-state index is -3.42. The van der Waals surface area contributed by atoms with Crippen molar-refractivity contribution < 1.29 is 8.42 Å². The number of rotatable bonds is 4. The third-order valence-corrected chi connectivity index (χ3v) is 3.80. The van der Waals surface area contributed by atoms with Crippen LogP contribution in [0.4, 0.5) is 0 Å². The van der Waals surface area contributed by atoms with Gasteiger partial charge in [0.25, 0.3) is 0 Å². The molecule has 0 spiro atoms. The van der Waals surface area contributed by atoms with Gasteiger partial charge in [-0.15, -0.1) is 0 Å². The quantitative estimate of drug-likeness (QED) is 0.867. The fourth-order valence-corrected chi connectivity index (χ4v) is 2.68. The van der Waals surface area contributed by atoms with Crippen LogP contribution in [0.1, 0.15) is 13.8 Å². The first-order valence-electron chi connectivity index (χ1n) is 5.42. The predicted octanol–water partition coefficient (Wildman–Crippen LogP) is 1.50. The third kappa shape index (κ3) is 2.65. The molecule has 2 rings (SSSR count). The Hall–Kier alpha value is -1.40. The summed E-state index contributed by atoms with van der Waals surface area (Å²) in [7, 11) is -3.42. The highest BCUT2D eigenvalue weighted by atomic mass is 32.2. The lowest BCUT2D eigenvalue weighted by atomic mass is 10.2. The first-order chi connectivity index (χ1) is 7.99. The largest absolute Gasteiger partial charge is 0.345 e. The summed E-state index contributed by atoms with van der Waals surface area (Å²) < 4.78 is 26.5. The van der Waals surface area contributed by atoms with E-state index in [0.717, 1.165) is 11.0 Å². The number of benzene rings is 1. The maximum Gasteiger partial charge on any atom is 0.240 e. The summed E-state index contributed by atoms with van der Waals surface area (Å²) in [5, 5.41) is 0. The molecular weight excluding hydrogens is 238 g/mol. The van der Waals surface area contributed by atoms with Gasteiger partial charge < -0.3 is 4.98 Å². The van der Waals surface area contributed by atoms with E-state index in [9.17, 15) is 8.42 Å². The topological polar surface area (TPSA) is 74.8 Å². The Morgan fingerprint density at radius 3 is 2.88 bits per heavy atom. The zero-order valence-corrected chi connectivity index (χ0v) is 10.6. The van der Waals surface area contributed by atoms with Gasteiger partial charge in [-0.05, 0) is 24.1 Å². The van der Waals surface area contributed by atoms with Gasteiger partial charge in [-0.3, -0.25) is 0 Å². The molecule has 0 atom stereocenters. The molecular formula is C11H15N3O2S. The lowest BCUT2D eigenvalue weighted by Gasteiger charge is -2.08. The van der Waals surface area contributed by atoms with E-state index >= 15 is 0 Å². The molecule has 2 aromatic rings. The number of fused-ring (bicyclic) bond motifs is 1. The summed E-state index contributed by atoms with van der Waals surface area (Å²) >= 11 is 0. The van der Waals surface area contributed by atoms with Crippen LogP contribution < -0.4 is 4.72 Å². The summed E-state index contributed by atoms with van der Waals surface area (Å²) in [6.45, 7) is 4.35. The number of hydrogen-bond acceptors (Lipinski definition) is 3. The summed E-state index contributed by atoms with van der Waals surface area (Å²) in [5.41, 5.74) is 1.48. The fraction of sp³-hybridized carbons (Fsp3) is 0.364. The van der Waals surface area contributed by atoms with E-state index in [-0.39, 0.29) is 10.8 Å². The molecule has 2 N–H and O–H groups in total. The number of aromatic amines is 1. The molecule has 92 valence electrons. The number of H-pyrrole nitrogens is 1. The number of nitrogens with one attached hydrogen (secondary N) is 2. The van der Waals surface area contributed by atoms with Gasteiger partial charge in [0.1, 0.15) is 0 Å². The standard InChI is InChI=1S/C11H15N3O2S/c1-8(2)6-14-17(15,16)9-3-4-10-11(5-9)13-7-12-10/h3-5,7-8,14H,6H2,1-2H3,(H,12,13). The summed E-state index contributed by atoms with van der Waals surface area (Å²) in [6.07, 6.45) is 1.54. The van der Waals surface area contributed by atoms with Crippen molar-refractivity contribution in [1.29, 1.82) is 0 Å². The molecule has 0 saturated carbocycles. The number of nitrogens with zero attached hydrogens (tertiary/aromatic N) is 1. The van der Waals surface area contributed by atoms with Gasteiger partial charge in [0.05, 0.1) is 22.3 Å². The van der Waals surface area contributed by atoms with Gasteiger partial charge in [-0.2, -0.15) is 0 Å². The van der Waals surface area contributed by atoms with E-state index in [0.29, 0.717) is 6.54 Å². The van der Waals surface area contributed by atoms with Gasteiger partial charge in [-0.1, -0.05) is 13.8 Å². The van der Waals surface area contributed by atoms with Crippen molar-refractivity contribution in [3.63, 3.8) is 0 Å². The van der Waals surface area contributed by atoms with Crippen molar-refractivity contribution in [3.05, 3.63) is 24.5 Å². The van der Waals surface area contributed by atoms with Crippen LogP contribution in [0.2, 0.25) is 0 Å². The van der Waals surface area contributed by atoms with Crippen LogP contribution in [0.5, 0.6) is 0 Å². The van der Waals surface area contributed by atoms with Crippen LogP contribution in [-0.2, 0) is 10.0 Å². The van der Waals surface area contributed by atoms with Crippen LogP contribution in [0.15, 0.2) is 29.4 Å². The Bertz CT molecular complexity index is 616. The molecule has 6 heteroatoms. The van der Waals surface area contributed by atoms with Crippen LogP contribution in [0, 0.1) is 5.92 Å². The van der Waals surface area contributed by atoms with Crippen LogP contribution in [-0.4, -0.2) is 24.9 Å². The molecule has 5 nitrogen and oxygen atoms in total. The molecule has 0 saturated heterocycles. The highest BCUT2D eigenvalue weighted by Gasteiger charge is 2.14. The first kappa shape index (κ1) is 12.1. The lowest BCUT2D eigenvalue weighted by Crippen LogP contribution is -2.27. The van der Waals surface area contributed by atoms with Crippen molar-refractivity contribution in [1.82, 2.24) is 14.7 Å². The van der Waals surface area contributed by atoms with Gasteiger partial charge in [-0.25, -0.2) is 18.1 Å². The van der Waals surface area contributed by atoms with Crippen LogP contribution in [0.3, 0.4) is 0 Å². The average molecular weight is 253 g/mol. The molecule has 0 fully saturated rings. The number of hydrogen-bond donors (Lipinski definition) is 2. The second-order valence-electron chi connectivity index (χ2n) is 4.33. The lowest BCUT2D eigenvalue weighted by molar-refractivity contribution is 0.560. The summed E-state index contributed by atoms with van der Waals surface area (Å²) in [4.78, 5) is 7.20. The van der Waals surface area contributed by atoms with Gasteiger partial charge in [0, 0.05) is 6.54 Å². The van der Waals surface area contributed by atoms with Crippen molar-refractivity contribution in [3.8, 4) is 0 Å². The molecule has 0 radical (unpaired) electrons. The van der Waals surface area contributed by atoms with E-state index in [1.165, 1.54) is 0 Å². The number of aromatic nitrogens is 2. The summed E-state index contributed by atoms with van der Waals surface area (Å²) in [6, 6.07) is 4.84. The van der Waals surface area contributed by atoms with Crippen molar-refractivity contribution >= 4 is 21.1 Å². The third-order valence-electron chi connectivity index (χ3n) is 2.38. The minimum absolute atomic E-state index is 0.259. The average Bonchev–Trinajstić information content (AvgIpc) is 2.73. The SMILES string of the molecule is CC(C)CNS(=O)(=O)c1ccc2nc[nH]c2c1. The molecule has 17 heavy (non-hydrogen) atoms. The second-order valence-corrected chi connectivity index (χ2v) is 6.09. The predicted molar refractivity (Wildman–Crippen MR) is 66.1 cm³/mol. The van der Waals surface area contributed by atoms with Crippen molar-refractivity contribution in [2.24, 2.45) is 5.92 Å². The van der Waals surface area contributed by atoms with Gasteiger partial charge in [0.15, 0.2) is 0 Å². The van der Waals surface area contributed by atoms with Gasteiger partial charge >= 0.3 is 0 Å². The number of imidazole rings is 1. The zero-order valence-electron chi connectivity index (χ0n) is 9.77. The maximum absolute atomic E-state index is 12.0. The van der Waals surface area contributed by atoms with E-state index in [1.54, 1.807) is 24.5 Å². The molecule has 1 aromatic heterocycles. The molecule has 0 aliphatic rings. The Balaban J connectivity index is 2.31. The normalized spacial score (nSPS) is 12.4. The highest BCUT2D eigenvalue weighted by Crippen LogP contribution is 2.15. The summed E-state index contributed by atoms with van der Waals surface area (Å²) in [5.74, 6) is 0.278. The minimum Gasteiger partial charge on any atom is -0.345 e. The van der Waals surface area contributed by atoms with Gasteiger partial charge in [0.2, 0.25) is 10.0 Å². The zero-order chi connectivity index (χ0) is 12.5. The Labute approximate surface area is 100 Å². The monoisotopic (exact) mass is 253 g/mol. The molecule has 1 aromatic carbocycles. The van der Waals surface area contributed by atoms with Crippen molar-refractivity contribution in [2.45, 2.75) is 18.7 Å². The Morgan fingerprint density at radius 2 is 2.18 bits per heavy atom. The second kappa shape index (κ2) is 4.46. The van der Waals surface area contributed by atoms with Crippen molar-refractivity contribution in [2.75, 3.05) is 6.54 Å². The molecule has 0 unspecified atom stereocenters. The molecule has 0 aliphatic carbocycles. The molecule has 0 aliphatic heterocycles. The van der Waals surface area contributed by atoms with E-state index < -0.39 is 10.0 Å². The van der Waals surface area contributed by atoms with E-state index in [1.807, 2.05) is 13.8 Å². The van der Waals surface area contributed by atoms with E-state index in [2.05, 4.69) is 14.7 Å². The maximum atomic E-state index is 12.0. The number of sulfonamides is 1. The van der Waals surface area contributed by atoms with Crippen LogP contribution in [0.25, 0.3) is 11.0 Å². The smallest absolute Gasteiger partial charge is 0.240 e. The molecule has 0 bridgehead atoms. The molecule has 1 heterocycles. The van der Waals surface area contributed by atoms with E-state index in [4.69, 9.17) is 0 Å². The Kier molecular flexibility index (Phi) is 3.17. The Morgan fingerprint density at radius 1 is 1.41 bits per heavy atom. The molecule has 0 amide bonds. The van der Waals surface area contributed by atoms with Crippen LogP contribution >= 0.6 is 0 Å².